The van der Waals surface area contributed by atoms with Crippen molar-refractivity contribution in [3.05, 3.63) is 59.2 Å². The Hall–Kier alpha value is -2.00. The standard InChI is InChI=1S/C14H10BF6NO/c1-6(22)23-15(7-2-9(16)13(20)10(17)3-7)8-4-11(18)14(21)12(19)5-8/h2-6H,22H2,1H3. The summed E-state index contributed by atoms with van der Waals surface area (Å²) >= 11 is 0. The summed E-state index contributed by atoms with van der Waals surface area (Å²) < 4.78 is 84.7. The zero-order valence-corrected chi connectivity index (χ0v) is 11.7. The first-order valence-electron chi connectivity index (χ1n) is 6.40. The Morgan fingerprint density at radius 3 is 1.35 bits per heavy atom. The minimum absolute atomic E-state index is 0.274. The fraction of sp³-hybridized carbons (Fsp3) is 0.143. The largest absolute Gasteiger partial charge is 0.412 e. The van der Waals surface area contributed by atoms with Crippen molar-refractivity contribution in [1.82, 2.24) is 0 Å². The average molecular weight is 333 g/mol. The van der Waals surface area contributed by atoms with E-state index in [0.717, 1.165) is 0 Å². The van der Waals surface area contributed by atoms with E-state index < -0.39 is 48.0 Å². The molecule has 2 nitrogen and oxygen atoms in total. The lowest BCUT2D eigenvalue weighted by atomic mass is 9.55. The van der Waals surface area contributed by atoms with Crippen LogP contribution in [0.4, 0.5) is 26.3 Å². The lowest BCUT2D eigenvalue weighted by Gasteiger charge is -2.18. The predicted octanol–water partition coefficient (Wildman–Crippen LogP) is 1.95. The third-order valence-corrected chi connectivity index (χ3v) is 2.97. The molecular formula is C14H10BF6NO. The van der Waals surface area contributed by atoms with Gasteiger partial charge in [-0.2, -0.15) is 0 Å². The molecule has 9 heteroatoms. The van der Waals surface area contributed by atoms with Crippen molar-refractivity contribution in [2.24, 2.45) is 5.73 Å². The van der Waals surface area contributed by atoms with Gasteiger partial charge in [0.1, 0.15) is 0 Å². The van der Waals surface area contributed by atoms with Gasteiger partial charge < -0.3 is 10.4 Å². The molecule has 0 amide bonds. The van der Waals surface area contributed by atoms with E-state index in [1.54, 1.807) is 0 Å². The lowest BCUT2D eigenvalue weighted by Crippen LogP contribution is -2.49. The van der Waals surface area contributed by atoms with Crippen LogP contribution in [0.2, 0.25) is 0 Å². The zero-order valence-electron chi connectivity index (χ0n) is 11.7. The molecule has 2 rings (SSSR count). The van der Waals surface area contributed by atoms with Crippen molar-refractivity contribution in [3.63, 3.8) is 0 Å². The number of hydrogen-bond donors (Lipinski definition) is 1. The Morgan fingerprint density at radius 1 is 0.783 bits per heavy atom. The van der Waals surface area contributed by atoms with Crippen LogP contribution in [0.5, 0.6) is 0 Å². The van der Waals surface area contributed by atoms with Gasteiger partial charge in [0.05, 0.1) is 6.23 Å². The van der Waals surface area contributed by atoms with Gasteiger partial charge in [0.25, 0.3) is 0 Å². The van der Waals surface area contributed by atoms with E-state index >= 15 is 0 Å². The highest BCUT2D eigenvalue weighted by atomic mass is 19.2. The van der Waals surface area contributed by atoms with Gasteiger partial charge in [-0.25, -0.2) is 26.3 Å². The van der Waals surface area contributed by atoms with Gasteiger partial charge in [0.2, 0.25) is 0 Å². The van der Waals surface area contributed by atoms with Crippen molar-refractivity contribution in [3.8, 4) is 0 Å². The fourth-order valence-corrected chi connectivity index (χ4v) is 2.02. The van der Waals surface area contributed by atoms with Crippen molar-refractivity contribution in [2.45, 2.75) is 13.2 Å². The van der Waals surface area contributed by atoms with Crippen LogP contribution in [0, 0.1) is 34.9 Å². The molecule has 0 saturated heterocycles. The zero-order chi connectivity index (χ0) is 17.3. The minimum Gasteiger partial charge on any atom is -0.412 e. The van der Waals surface area contributed by atoms with Gasteiger partial charge in [-0.05, 0) is 42.1 Å². The molecule has 0 fully saturated rings. The molecule has 2 N–H and O–H groups in total. The smallest absolute Gasteiger partial charge is 0.363 e. The first-order valence-corrected chi connectivity index (χ1v) is 6.40. The molecule has 23 heavy (non-hydrogen) atoms. The van der Waals surface area contributed by atoms with Crippen molar-refractivity contribution in [1.29, 1.82) is 0 Å². The maximum Gasteiger partial charge on any atom is 0.363 e. The first kappa shape index (κ1) is 17.4. The van der Waals surface area contributed by atoms with Gasteiger partial charge in [-0.3, -0.25) is 0 Å². The molecule has 0 spiro atoms. The number of nitrogens with two attached hydrogens (primary N) is 1. The molecule has 1 atom stereocenters. The molecule has 0 aliphatic heterocycles. The second-order valence-corrected chi connectivity index (χ2v) is 4.82. The second-order valence-electron chi connectivity index (χ2n) is 4.82. The maximum absolute atomic E-state index is 13.4. The van der Waals surface area contributed by atoms with Gasteiger partial charge in [-0.1, -0.05) is 0 Å². The Bertz CT molecular complexity index is 636. The van der Waals surface area contributed by atoms with Crippen LogP contribution in [0.15, 0.2) is 24.3 Å². The summed E-state index contributed by atoms with van der Waals surface area (Å²) in [5.41, 5.74) is 4.89. The molecule has 0 aliphatic rings. The number of halogens is 6. The van der Waals surface area contributed by atoms with E-state index in [4.69, 9.17) is 10.4 Å². The van der Waals surface area contributed by atoms with E-state index in [1.807, 2.05) is 0 Å². The summed E-state index contributed by atoms with van der Waals surface area (Å²) in [6.07, 6.45) is -0.993. The predicted molar refractivity (Wildman–Crippen MR) is 72.4 cm³/mol. The Labute approximate surface area is 128 Å². The van der Waals surface area contributed by atoms with Gasteiger partial charge >= 0.3 is 6.92 Å². The number of rotatable bonds is 4. The molecule has 0 radical (unpaired) electrons. The molecule has 0 bridgehead atoms. The Balaban J connectivity index is 2.58. The van der Waals surface area contributed by atoms with E-state index in [2.05, 4.69) is 0 Å². The van der Waals surface area contributed by atoms with E-state index in [0.29, 0.717) is 24.3 Å². The lowest BCUT2D eigenvalue weighted by molar-refractivity contribution is 0.240. The van der Waals surface area contributed by atoms with Crippen molar-refractivity contribution in [2.75, 3.05) is 0 Å². The van der Waals surface area contributed by atoms with E-state index in [-0.39, 0.29) is 10.9 Å². The molecule has 0 aromatic heterocycles. The summed E-state index contributed by atoms with van der Waals surface area (Å²) in [4.78, 5) is 0. The molecule has 0 aliphatic carbocycles. The highest BCUT2D eigenvalue weighted by Gasteiger charge is 2.28. The normalized spacial score (nSPS) is 12.3. The molecule has 0 saturated carbocycles. The topological polar surface area (TPSA) is 35.2 Å². The summed E-state index contributed by atoms with van der Waals surface area (Å²) in [5.74, 6) is -9.46. The quantitative estimate of drug-likeness (QED) is 0.402. The van der Waals surface area contributed by atoms with Gasteiger partial charge in [0, 0.05) is 0 Å². The van der Waals surface area contributed by atoms with Crippen LogP contribution >= 0.6 is 0 Å². The molecule has 2 aromatic rings. The van der Waals surface area contributed by atoms with Crippen LogP contribution in [0.25, 0.3) is 0 Å². The van der Waals surface area contributed by atoms with Gasteiger partial charge in [-0.15, -0.1) is 0 Å². The van der Waals surface area contributed by atoms with Crippen LogP contribution in [-0.4, -0.2) is 13.1 Å². The average Bonchev–Trinajstić information content (AvgIpc) is 2.46. The molecule has 1 unspecified atom stereocenters. The van der Waals surface area contributed by atoms with Gasteiger partial charge in [0.15, 0.2) is 34.9 Å². The Morgan fingerprint density at radius 2 is 1.09 bits per heavy atom. The van der Waals surface area contributed by atoms with Crippen LogP contribution in [-0.2, 0) is 4.65 Å². The Kier molecular flexibility index (Phi) is 5.01. The minimum atomic E-state index is -1.70. The monoisotopic (exact) mass is 333 g/mol. The fourth-order valence-electron chi connectivity index (χ4n) is 2.02. The SMILES string of the molecule is CC(N)OB(c1cc(F)c(F)c(F)c1)c1cc(F)c(F)c(F)c1. The first-order chi connectivity index (χ1) is 10.7. The van der Waals surface area contributed by atoms with E-state index in [1.165, 1.54) is 6.92 Å². The summed E-state index contributed by atoms with van der Waals surface area (Å²) in [6.45, 7) is -0.0661. The molecule has 122 valence electrons. The van der Waals surface area contributed by atoms with Crippen molar-refractivity contribution < 1.29 is 31.0 Å². The van der Waals surface area contributed by atoms with Crippen molar-refractivity contribution >= 4 is 17.8 Å². The highest BCUT2D eigenvalue weighted by Crippen LogP contribution is 2.12. The second kappa shape index (κ2) is 6.63. The molecule has 2 aromatic carbocycles. The maximum atomic E-state index is 13.4. The third-order valence-electron chi connectivity index (χ3n) is 2.97. The highest BCUT2D eigenvalue weighted by molar-refractivity contribution is 6.80. The molecular weight excluding hydrogens is 323 g/mol. The van der Waals surface area contributed by atoms with E-state index in [9.17, 15) is 26.3 Å². The summed E-state index contributed by atoms with van der Waals surface area (Å²) in [7, 11) is 0. The van der Waals surface area contributed by atoms with Crippen LogP contribution in [0.1, 0.15) is 6.92 Å². The summed E-state index contributed by atoms with van der Waals surface area (Å²) in [5, 5.41) is 0. The number of benzene rings is 2. The van der Waals surface area contributed by atoms with Crippen LogP contribution in [0.3, 0.4) is 0 Å². The molecule has 0 heterocycles. The number of hydrogen-bond acceptors (Lipinski definition) is 2. The van der Waals surface area contributed by atoms with Crippen LogP contribution < -0.4 is 16.7 Å². The summed E-state index contributed by atoms with van der Waals surface area (Å²) in [6, 6.07) is 2.41. The third kappa shape index (κ3) is 3.68.